The molecule has 2 rings (SSSR count). The standard InChI is InChI=1S/C10H6BrCl2N3O2S/c11-6-3-1-2-4-7(6)19(17,18)16-9-5-8(12)14-10(13)15-9/h1-5H,(H,14,15,16). The first-order chi connectivity index (χ1) is 8.88. The molecule has 0 spiro atoms. The van der Waals surface area contributed by atoms with Gasteiger partial charge >= 0.3 is 0 Å². The van der Waals surface area contributed by atoms with Crippen molar-refractivity contribution >= 4 is 55.0 Å². The Morgan fingerprint density at radius 1 is 1.16 bits per heavy atom. The second kappa shape index (κ2) is 5.62. The van der Waals surface area contributed by atoms with Gasteiger partial charge in [-0.1, -0.05) is 23.7 Å². The molecule has 5 nitrogen and oxygen atoms in total. The minimum atomic E-state index is -3.78. The highest BCUT2D eigenvalue weighted by atomic mass is 79.9. The van der Waals surface area contributed by atoms with Gasteiger partial charge < -0.3 is 0 Å². The van der Waals surface area contributed by atoms with Crippen LogP contribution in [-0.4, -0.2) is 18.4 Å². The molecule has 1 aromatic heterocycles. The van der Waals surface area contributed by atoms with Gasteiger partial charge in [-0.15, -0.1) is 0 Å². The fourth-order valence-electron chi connectivity index (χ4n) is 1.30. The van der Waals surface area contributed by atoms with E-state index in [0.29, 0.717) is 4.47 Å². The zero-order chi connectivity index (χ0) is 14.0. The van der Waals surface area contributed by atoms with Crippen LogP contribution in [0.2, 0.25) is 10.4 Å². The van der Waals surface area contributed by atoms with Gasteiger partial charge in [-0.25, -0.2) is 13.4 Å². The molecule has 0 aliphatic rings. The minimum absolute atomic E-state index is 0.000697. The van der Waals surface area contributed by atoms with Crippen molar-refractivity contribution < 1.29 is 8.42 Å². The molecule has 0 saturated carbocycles. The van der Waals surface area contributed by atoms with Crippen LogP contribution in [-0.2, 0) is 10.0 Å². The molecule has 0 atom stereocenters. The molecule has 9 heteroatoms. The first-order valence-corrected chi connectivity index (χ1v) is 7.89. The molecule has 2 aromatic rings. The average Bonchev–Trinajstić information content (AvgIpc) is 2.26. The summed E-state index contributed by atoms with van der Waals surface area (Å²) in [5.74, 6) is 0.000697. The first-order valence-electron chi connectivity index (χ1n) is 4.86. The number of aromatic nitrogens is 2. The van der Waals surface area contributed by atoms with Gasteiger partial charge in [0.25, 0.3) is 10.0 Å². The van der Waals surface area contributed by atoms with Crippen molar-refractivity contribution in [2.24, 2.45) is 0 Å². The van der Waals surface area contributed by atoms with E-state index in [0.717, 1.165) is 0 Å². The van der Waals surface area contributed by atoms with E-state index < -0.39 is 10.0 Å². The Morgan fingerprint density at radius 3 is 2.47 bits per heavy atom. The largest absolute Gasteiger partial charge is 0.264 e. The van der Waals surface area contributed by atoms with Gasteiger partial charge in [-0.3, -0.25) is 4.72 Å². The monoisotopic (exact) mass is 381 g/mol. The van der Waals surface area contributed by atoms with Gasteiger partial charge in [-0.05, 0) is 39.7 Å². The zero-order valence-corrected chi connectivity index (χ0v) is 13.1. The fraction of sp³-hybridized carbons (Fsp3) is 0. The Hall–Kier alpha value is -0.890. The molecule has 0 bridgehead atoms. The highest BCUT2D eigenvalue weighted by molar-refractivity contribution is 9.10. The number of rotatable bonds is 3. The minimum Gasteiger partial charge on any atom is -0.263 e. The van der Waals surface area contributed by atoms with Crippen LogP contribution >= 0.6 is 39.1 Å². The van der Waals surface area contributed by atoms with Gasteiger partial charge in [-0.2, -0.15) is 4.98 Å². The first kappa shape index (κ1) is 14.5. The summed E-state index contributed by atoms with van der Waals surface area (Å²) in [6.07, 6.45) is 0. The Labute approximate surface area is 128 Å². The van der Waals surface area contributed by atoms with E-state index in [-0.39, 0.29) is 21.2 Å². The summed E-state index contributed by atoms with van der Waals surface area (Å²) in [5.41, 5.74) is 0. The predicted molar refractivity (Wildman–Crippen MR) is 77.0 cm³/mol. The van der Waals surface area contributed by atoms with Crippen molar-refractivity contribution in [1.82, 2.24) is 9.97 Å². The van der Waals surface area contributed by atoms with E-state index >= 15 is 0 Å². The summed E-state index contributed by atoms with van der Waals surface area (Å²) in [5, 5.41) is -0.0952. The van der Waals surface area contributed by atoms with E-state index in [1.54, 1.807) is 18.2 Å². The lowest BCUT2D eigenvalue weighted by Gasteiger charge is -2.08. The van der Waals surface area contributed by atoms with Gasteiger partial charge in [0.05, 0.1) is 0 Å². The molecule has 0 saturated heterocycles. The molecule has 1 N–H and O–H groups in total. The number of anilines is 1. The van der Waals surface area contributed by atoms with Crippen LogP contribution in [0, 0.1) is 0 Å². The highest BCUT2D eigenvalue weighted by Gasteiger charge is 2.18. The summed E-state index contributed by atoms with van der Waals surface area (Å²) in [6, 6.07) is 7.66. The van der Waals surface area contributed by atoms with Crippen molar-refractivity contribution in [3.63, 3.8) is 0 Å². The lowest BCUT2D eigenvalue weighted by molar-refractivity contribution is 0.600. The average molecular weight is 383 g/mol. The normalized spacial score (nSPS) is 11.3. The topological polar surface area (TPSA) is 72.0 Å². The van der Waals surface area contributed by atoms with Gasteiger partial charge in [0.1, 0.15) is 15.9 Å². The maximum Gasteiger partial charge on any atom is 0.264 e. The third-order valence-corrected chi connectivity index (χ3v) is 4.76. The fourth-order valence-corrected chi connectivity index (χ4v) is 3.70. The molecule has 1 heterocycles. The second-order valence-corrected chi connectivity index (χ2v) is 6.61. The molecule has 0 unspecified atom stereocenters. The third kappa shape index (κ3) is 3.56. The molecular formula is C10H6BrCl2N3O2S. The number of sulfonamides is 1. The van der Waals surface area contributed by atoms with Crippen molar-refractivity contribution in [3.05, 3.63) is 45.2 Å². The molecular weight excluding hydrogens is 377 g/mol. The van der Waals surface area contributed by atoms with Crippen LogP contribution < -0.4 is 4.72 Å². The lowest BCUT2D eigenvalue weighted by Crippen LogP contribution is -2.14. The molecule has 0 amide bonds. The highest BCUT2D eigenvalue weighted by Crippen LogP contribution is 2.24. The molecule has 0 aliphatic carbocycles. The summed E-state index contributed by atoms with van der Waals surface area (Å²) >= 11 is 14.5. The number of nitrogens with zero attached hydrogens (tertiary/aromatic N) is 2. The van der Waals surface area contributed by atoms with Crippen LogP contribution in [0.15, 0.2) is 39.7 Å². The molecule has 0 fully saturated rings. The van der Waals surface area contributed by atoms with Crippen LogP contribution in [0.25, 0.3) is 0 Å². The van der Waals surface area contributed by atoms with E-state index in [2.05, 4.69) is 30.6 Å². The van der Waals surface area contributed by atoms with Crippen LogP contribution in [0.4, 0.5) is 5.82 Å². The Morgan fingerprint density at radius 2 is 1.84 bits per heavy atom. The third-order valence-electron chi connectivity index (χ3n) is 2.03. The molecule has 100 valence electrons. The number of benzene rings is 1. The van der Waals surface area contributed by atoms with Crippen molar-refractivity contribution in [1.29, 1.82) is 0 Å². The zero-order valence-electron chi connectivity index (χ0n) is 9.14. The van der Waals surface area contributed by atoms with Crippen LogP contribution in [0.5, 0.6) is 0 Å². The molecule has 0 aliphatic heterocycles. The van der Waals surface area contributed by atoms with Gasteiger partial charge in [0.15, 0.2) is 0 Å². The molecule has 19 heavy (non-hydrogen) atoms. The number of halogens is 3. The number of hydrogen-bond donors (Lipinski definition) is 1. The van der Waals surface area contributed by atoms with E-state index in [9.17, 15) is 8.42 Å². The Bertz CT molecular complexity index is 704. The quantitative estimate of drug-likeness (QED) is 0.652. The SMILES string of the molecule is O=S(=O)(Nc1cc(Cl)nc(Cl)n1)c1ccccc1Br. The van der Waals surface area contributed by atoms with Crippen molar-refractivity contribution in [2.75, 3.05) is 4.72 Å². The van der Waals surface area contributed by atoms with Crippen LogP contribution in [0.3, 0.4) is 0 Å². The Kier molecular flexibility index (Phi) is 4.29. The van der Waals surface area contributed by atoms with Crippen LogP contribution in [0.1, 0.15) is 0 Å². The Balaban J connectivity index is 2.39. The van der Waals surface area contributed by atoms with E-state index in [4.69, 9.17) is 23.2 Å². The van der Waals surface area contributed by atoms with Gasteiger partial charge in [0.2, 0.25) is 5.28 Å². The summed E-state index contributed by atoms with van der Waals surface area (Å²) in [7, 11) is -3.78. The summed E-state index contributed by atoms with van der Waals surface area (Å²) in [6.45, 7) is 0. The smallest absolute Gasteiger partial charge is 0.263 e. The van der Waals surface area contributed by atoms with E-state index in [1.807, 2.05) is 0 Å². The molecule has 0 radical (unpaired) electrons. The lowest BCUT2D eigenvalue weighted by atomic mass is 10.4. The number of hydrogen-bond acceptors (Lipinski definition) is 4. The second-order valence-electron chi connectivity index (χ2n) is 3.38. The van der Waals surface area contributed by atoms with E-state index in [1.165, 1.54) is 12.1 Å². The molecule has 1 aromatic carbocycles. The maximum absolute atomic E-state index is 12.2. The summed E-state index contributed by atoms with van der Waals surface area (Å²) < 4.78 is 27.0. The maximum atomic E-state index is 12.2. The van der Waals surface area contributed by atoms with Crippen molar-refractivity contribution in [2.45, 2.75) is 4.90 Å². The summed E-state index contributed by atoms with van der Waals surface area (Å²) in [4.78, 5) is 7.45. The van der Waals surface area contributed by atoms with Crippen molar-refractivity contribution in [3.8, 4) is 0 Å². The van der Waals surface area contributed by atoms with Gasteiger partial charge in [0, 0.05) is 10.5 Å². The number of nitrogens with one attached hydrogen (secondary N) is 1. The predicted octanol–water partition coefficient (Wildman–Crippen LogP) is 3.35.